The van der Waals surface area contributed by atoms with E-state index in [1.807, 2.05) is 25.3 Å². The number of nitrogens with zero attached hydrogens (tertiary/aromatic N) is 1. The van der Waals surface area contributed by atoms with Crippen LogP contribution >= 0.6 is 11.3 Å². The highest BCUT2D eigenvalue weighted by Crippen LogP contribution is 2.31. The van der Waals surface area contributed by atoms with E-state index in [9.17, 15) is 4.79 Å². The number of rotatable bonds is 7. The number of amides is 1. The van der Waals surface area contributed by atoms with E-state index in [1.165, 1.54) is 4.88 Å². The molecule has 0 aliphatic carbocycles. The summed E-state index contributed by atoms with van der Waals surface area (Å²) in [7, 11) is 0. The summed E-state index contributed by atoms with van der Waals surface area (Å²) in [6.45, 7) is 4.59. The number of aromatic nitrogens is 1. The minimum Gasteiger partial charge on any atom is -0.494 e. The third kappa shape index (κ3) is 5.17. The van der Waals surface area contributed by atoms with E-state index in [0.29, 0.717) is 23.4 Å². The molecule has 1 amide bonds. The summed E-state index contributed by atoms with van der Waals surface area (Å²) >= 11 is 1.55. The monoisotopic (exact) mass is 361 g/mol. The largest absolute Gasteiger partial charge is 0.494 e. The Labute approximate surface area is 151 Å². The molecule has 1 saturated heterocycles. The highest BCUT2D eigenvalue weighted by Gasteiger charge is 2.18. The zero-order chi connectivity index (χ0) is 17.5. The molecule has 1 aromatic carbocycles. The van der Waals surface area contributed by atoms with Gasteiger partial charge in [0.2, 0.25) is 0 Å². The van der Waals surface area contributed by atoms with Crippen molar-refractivity contribution in [1.82, 2.24) is 10.3 Å². The predicted molar refractivity (Wildman–Crippen MR) is 98.7 cm³/mol. The van der Waals surface area contributed by atoms with Crippen LogP contribution in [0, 0.1) is 0 Å². The van der Waals surface area contributed by atoms with Crippen LogP contribution in [-0.4, -0.2) is 37.2 Å². The van der Waals surface area contributed by atoms with Gasteiger partial charge in [-0.15, -0.1) is 11.3 Å². The van der Waals surface area contributed by atoms with Crippen LogP contribution in [0.3, 0.4) is 0 Å². The summed E-state index contributed by atoms with van der Waals surface area (Å²) < 4.78 is 10.9. The Kier molecular flexibility index (Phi) is 6.25. The summed E-state index contributed by atoms with van der Waals surface area (Å²) in [6, 6.07) is 7.22. The molecule has 25 heavy (non-hydrogen) atoms. The number of hydrogen-bond donors (Lipinski definition) is 2. The number of ether oxygens (including phenoxy) is 2. The molecule has 1 aliphatic rings. The molecule has 2 heterocycles. The summed E-state index contributed by atoms with van der Waals surface area (Å²) in [5, 5.41) is 6.80. The lowest BCUT2D eigenvalue weighted by atomic mass is 9.97. The molecule has 1 aromatic heterocycles. The second kappa shape index (κ2) is 8.82. The molecule has 134 valence electrons. The van der Waals surface area contributed by atoms with E-state index in [0.717, 1.165) is 31.7 Å². The van der Waals surface area contributed by atoms with Crippen molar-refractivity contribution in [2.75, 3.05) is 31.6 Å². The van der Waals surface area contributed by atoms with Crippen molar-refractivity contribution in [2.45, 2.75) is 25.7 Å². The van der Waals surface area contributed by atoms with E-state index in [1.54, 1.807) is 23.5 Å². The Morgan fingerprint density at radius 3 is 2.60 bits per heavy atom. The molecule has 2 aromatic rings. The van der Waals surface area contributed by atoms with Gasteiger partial charge in [-0.25, -0.2) is 4.98 Å². The number of nitrogens with one attached hydrogen (secondary N) is 2. The van der Waals surface area contributed by atoms with Gasteiger partial charge in [0.25, 0.3) is 5.91 Å². The highest BCUT2D eigenvalue weighted by molar-refractivity contribution is 7.15. The molecule has 6 nitrogen and oxygen atoms in total. The molecule has 0 spiro atoms. The maximum Gasteiger partial charge on any atom is 0.264 e. The van der Waals surface area contributed by atoms with E-state index < -0.39 is 0 Å². The fourth-order valence-corrected chi connectivity index (χ4v) is 3.74. The quantitative estimate of drug-likeness (QED) is 0.793. The Bertz CT molecular complexity index is 681. The molecule has 0 radical (unpaired) electrons. The van der Waals surface area contributed by atoms with Gasteiger partial charge in [-0.3, -0.25) is 10.1 Å². The minimum atomic E-state index is -0.208. The molecule has 0 unspecified atom stereocenters. The molecule has 2 N–H and O–H groups in total. The summed E-state index contributed by atoms with van der Waals surface area (Å²) in [5.41, 5.74) is 0. The van der Waals surface area contributed by atoms with Gasteiger partial charge in [0.05, 0.1) is 6.61 Å². The normalized spacial score (nSPS) is 14.9. The van der Waals surface area contributed by atoms with Gasteiger partial charge in [0, 0.05) is 11.1 Å². The Morgan fingerprint density at radius 1 is 1.24 bits per heavy atom. The lowest BCUT2D eigenvalue weighted by Crippen LogP contribution is -2.26. The zero-order valence-corrected chi connectivity index (χ0v) is 15.1. The fourth-order valence-electron chi connectivity index (χ4n) is 2.74. The molecule has 7 heteroatoms. The molecule has 1 fully saturated rings. The summed E-state index contributed by atoms with van der Waals surface area (Å²) in [5.74, 6) is 1.75. The number of benzene rings is 1. The molecule has 0 saturated carbocycles. The van der Waals surface area contributed by atoms with Crippen molar-refractivity contribution in [3.05, 3.63) is 35.3 Å². The first-order chi connectivity index (χ1) is 12.2. The van der Waals surface area contributed by atoms with Crippen molar-refractivity contribution < 1.29 is 14.3 Å². The van der Waals surface area contributed by atoms with Crippen LogP contribution in [0.5, 0.6) is 11.5 Å². The molecule has 0 atom stereocenters. The van der Waals surface area contributed by atoms with Crippen LogP contribution in [0.2, 0.25) is 0 Å². The number of thiazole rings is 1. The maximum absolute atomic E-state index is 12.0. The summed E-state index contributed by atoms with van der Waals surface area (Å²) in [6.07, 6.45) is 4.12. The number of carbonyl (C=O) groups is 1. The Morgan fingerprint density at radius 2 is 1.92 bits per heavy atom. The second-order valence-electron chi connectivity index (χ2n) is 5.83. The number of hydrogen-bond acceptors (Lipinski definition) is 6. The van der Waals surface area contributed by atoms with E-state index >= 15 is 0 Å². The third-order valence-corrected chi connectivity index (χ3v) is 5.09. The topological polar surface area (TPSA) is 72.5 Å². The standard InChI is InChI=1S/C18H23N3O3S/c1-2-23-14-3-5-15(6-4-14)24-12-17(22)21-18-20-11-16(25-18)13-7-9-19-10-8-13/h3-6,11,13,19H,2,7-10,12H2,1H3,(H,20,21,22). The molecule has 1 aliphatic heterocycles. The SMILES string of the molecule is CCOc1ccc(OCC(=O)Nc2ncc(C3CCNCC3)s2)cc1. The molecular formula is C18H23N3O3S. The van der Waals surface area contributed by atoms with Gasteiger partial charge in [-0.05, 0) is 63.0 Å². The van der Waals surface area contributed by atoms with Crippen molar-refractivity contribution in [1.29, 1.82) is 0 Å². The molecular weight excluding hydrogens is 338 g/mol. The van der Waals surface area contributed by atoms with Gasteiger partial charge in [-0.2, -0.15) is 0 Å². The lowest BCUT2D eigenvalue weighted by Gasteiger charge is -2.20. The zero-order valence-electron chi connectivity index (χ0n) is 14.3. The average Bonchev–Trinajstić information content (AvgIpc) is 3.11. The number of carbonyl (C=O) groups excluding carboxylic acids is 1. The van der Waals surface area contributed by atoms with Crippen LogP contribution in [0.4, 0.5) is 5.13 Å². The van der Waals surface area contributed by atoms with Gasteiger partial charge in [0.15, 0.2) is 11.7 Å². The molecule has 3 rings (SSSR count). The van der Waals surface area contributed by atoms with Crippen LogP contribution in [0.15, 0.2) is 30.5 Å². The average molecular weight is 361 g/mol. The van der Waals surface area contributed by atoms with Gasteiger partial charge < -0.3 is 14.8 Å². The van der Waals surface area contributed by atoms with E-state index in [-0.39, 0.29) is 12.5 Å². The number of piperidine rings is 1. The van der Waals surface area contributed by atoms with Crippen molar-refractivity contribution in [2.24, 2.45) is 0 Å². The van der Waals surface area contributed by atoms with Crippen molar-refractivity contribution in [3.63, 3.8) is 0 Å². The van der Waals surface area contributed by atoms with Gasteiger partial charge in [0.1, 0.15) is 11.5 Å². The van der Waals surface area contributed by atoms with Crippen molar-refractivity contribution in [3.8, 4) is 11.5 Å². The van der Waals surface area contributed by atoms with Crippen LogP contribution in [0.1, 0.15) is 30.6 Å². The summed E-state index contributed by atoms with van der Waals surface area (Å²) in [4.78, 5) is 17.6. The van der Waals surface area contributed by atoms with Crippen LogP contribution in [-0.2, 0) is 4.79 Å². The maximum atomic E-state index is 12.0. The van der Waals surface area contributed by atoms with Gasteiger partial charge >= 0.3 is 0 Å². The van der Waals surface area contributed by atoms with E-state index in [2.05, 4.69) is 15.6 Å². The predicted octanol–water partition coefficient (Wildman–Crippen LogP) is 3.03. The second-order valence-corrected chi connectivity index (χ2v) is 6.90. The molecule has 0 bridgehead atoms. The van der Waals surface area contributed by atoms with Crippen LogP contribution < -0.4 is 20.1 Å². The Balaban J connectivity index is 1.46. The van der Waals surface area contributed by atoms with Crippen molar-refractivity contribution >= 4 is 22.4 Å². The van der Waals surface area contributed by atoms with Gasteiger partial charge in [-0.1, -0.05) is 0 Å². The Hall–Kier alpha value is -2.12. The first-order valence-electron chi connectivity index (χ1n) is 8.56. The smallest absolute Gasteiger partial charge is 0.264 e. The first-order valence-corrected chi connectivity index (χ1v) is 9.38. The third-order valence-electron chi connectivity index (χ3n) is 4.02. The fraction of sp³-hybridized carbons (Fsp3) is 0.444. The van der Waals surface area contributed by atoms with E-state index in [4.69, 9.17) is 9.47 Å². The van der Waals surface area contributed by atoms with Crippen LogP contribution in [0.25, 0.3) is 0 Å². The first kappa shape index (κ1) is 17.7. The minimum absolute atomic E-state index is 0.0454. The lowest BCUT2D eigenvalue weighted by molar-refractivity contribution is -0.118. The highest BCUT2D eigenvalue weighted by atomic mass is 32.1. The number of anilines is 1.